The van der Waals surface area contributed by atoms with Crippen LogP contribution in [0.25, 0.3) is 29.6 Å². The standard InChI is InChI=1S/C32H30F2S2/c1-2-3-4-5-6-7-8-9-11-22-15-18-25-29(20-22)35-32-26-19-16-23(21-30(26)36-31(25)32)14-17-24-27(33)12-10-13-28(24)34/h10,12-13,15-16,18-21H,2-9,11H2,1H3. The molecule has 2 aromatic heterocycles. The van der Waals surface area contributed by atoms with Crippen LogP contribution in [0.5, 0.6) is 0 Å². The van der Waals surface area contributed by atoms with E-state index in [-0.39, 0.29) is 5.56 Å². The van der Waals surface area contributed by atoms with Gasteiger partial charge in [-0.1, -0.05) is 88.0 Å². The Kier molecular flexibility index (Phi) is 7.99. The van der Waals surface area contributed by atoms with Crippen LogP contribution in [-0.4, -0.2) is 0 Å². The molecule has 36 heavy (non-hydrogen) atoms. The third kappa shape index (κ3) is 5.48. The molecular weight excluding hydrogens is 486 g/mol. The van der Waals surface area contributed by atoms with Crippen molar-refractivity contribution in [3.8, 4) is 11.8 Å². The molecule has 3 aromatic carbocycles. The first-order chi connectivity index (χ1) is 17.6. The van der Waals surface area contributed by atoms with Gasteiger partial charge < -0.3 is 0 Å². The molecule has 0 amide bonds. The van der Waals surface area contributed by atoms with Crippen molar-refractivity contribution >= 4 is 52.2 Å². The van der Waals surface area contributed by atoms with Gasteiger partial charge in [0, 0.05) is 25.7 Å². The van der Waals surface area contributed by atoms with Crippen molar-refractivity contribution in [2.24, 2.45) is 0 Å². The predicted octanol–water partition coefficient (Wildman–Crippen LogP) is 10.6. The van der Waals surface area contributed by atoms with Gasteiger partial charge in [-0.05, 0) is 48.7 Å². The van der Waals surface area contributed by atoms with Crippen molar-refractivity contribution in [2.45, 2.75) is 64.7 Å². The molecule has 0 nitrogen and oxygen atoms in total. The van der Waals surface area contributed by atoms with E-state index in [0.717, 1.165) is 16.7 Å². The van der Waals surface area contributed by atoms with E-state index in [1.165, 1.54) is 100 Å². The Morgan fingerprint density at radius 3 is 1.97 bits per heavy atom. The Morgan fingerprint density at radius 1 is 0.667 bits per heavy atom. The fraction of sp³-hybridized carbons (Fsp3) is 0.312. The maximum atomic E-state index is 13.9. The average molecular weight is 517 g/mol. The van der Waals surface area contributed by atoms with E-state index in [2.05, 4.69) is 43.0 Å². The topological polar surface area (TPSA) is 0 Å². The average Bonchev–Trinajstić information content (AvgIpc) is 3.40. The number of hydrogen-bond acceptors (Lipinski definition) is 2. The molecule has 0 N–H and O–H groups in total. The van der Waals surface area contributed by atoms with E-state index in [1.807, 2.05) is 23.5 Å². The molecule has 0 atom stereocenters. The molecular formula is C32H30F2S2. The second-order valence-electron chi connectivity index (χ2n) is 9.48. The molecule has 2 heterocycles. The number of halogens is 2. The van der Waals surface area contributed by atoms with E-state index >= 15 is 0 Å². The van der Waals surface area contributed by atoms with E-state index < -0.39 is 11.6 Å². The Morgan fingerprint density at radius 2 is 1.28 bits per heavy atom. The van der Waals surface area contributed by atoms with Gasteiger partial charge in [0.1, 0.15) is 11.6 Å². The molecule has 0 bridgehead atoms. The maximum Gasteiger partial charge on any atom is 0.141 e. The largest absolute Gasteiger partial charge is 0.206 e. The van der Waals surface area contributed by atoms with E-state index in [0.29, 0.717) is 0 Å². The number of rotatable bonds is 9. The van der Waals surface area contributed by atoms with E-state index in [1.54, 1.807) is 11.3 Å². The van der Waals surface area contributed by atoms with Crippen LogP contribution >= 0.6 is 22.7 Å². The first-order valence-corrected chi connectivity index (χ1v) is 14.6. The minimum atomic E-state index is -0.631. The molecule has 0 radical (unpaired) electrons. The molecule has 5 rings (SSSR count). The zero-order valence-corrected chi connectivity index (χ0v) is 22.3. The lowest BCUT2D eigenvalue weighted by atomic mass is 10.0. The zero-order chi connectivity index (χ0) is 24.9. The van der Waals surface area contributed by atoms with E-state index in [9.17, 15) is 8.78 Å². The van der Waals surface area contributed by atoms with Crippen LogP contribution in [0.1, 0.15) is 75.0 Å². The molecule has 0 aliphatic carbocycles. The Bertz CT molecular complexity index is 1540. The normalized spacial score (nSPS) is 11.4. The third-order valence-electron chi connectivity index (χ3n) is 6.76. The molecule has 4 heteroatoms. The quantitative estimate of drug-likeness (QED) is 0.135. The van der Waals surface area contributed by atoms with Crippen LogP contribution in [0.2, 0.25) is 0 Å². The summed E-state index contributed by atoms with van der Waals surface area (Å²) in [6.07, 6.45) is 11.9. The highest BCUT2D eigenvalue weighted by molar-refractivity contribution is 7.36. The van der Waals surface area contributed by atoms with Gasteiger partial charge in [0.05, 0.1) is 15.0 Å². The SMILES string of the molecule is CCCCCCCCCCc1ccc2c(c1)sc1c3ccc(C#Cc4c(F)cccc4F)cc3sc21. The maximum absolute atomic E-state index is 13.9. The molecule has 0 saturated carbocycles. The highest BCUT2D eigenvalue weighted by Crippen LogP contribution is 2.44. The fourth-order valence-corrected chi connectivity index (χ4v) is 7.51. The van der Waals surface area contributed by atoms with Crippen LogP contribution in [0, 0.1) is 23.5 Å². The fourth-order valence-electron chi connectivity index (χ4n) is 4.75. The lowest BCUT2D eigenvalue weighted by Crippen LogP contribution is -1.88. The molecule has 5 aromatic rings. The predicted molar refractivity (Wildman–Crippen MR) is 153 cm³/mol. The van der Waals surface area contributed by atoms with Gasteiger partial charge >= 0.3 is 0 Å². The van der Waals surface area contributed by atoms with Gasteiger partial charge in [-0.3, -0.25) is 0 Å². The zero-order valence-electron chi connectivity index (χ0n) is 20.6. The summed E-state index contributed by atoms with van der Waals surface area (Å²) >= 11 is 3.63. The van der Waals surface area contributed by atoms with Crippen LogP contribution in [-0.2, 0) is 6.42 Å². The summed E-state index contributed by atoms with van der Waals surface area (Å²) in [5.74, 6) is 4.34. The molecule has 0 fully saturated rings. The Labute approximate surface area is 220 Å². The molecule has 0 aliphatic heterocycles. The van der Waals surface area contributed by atoms with Crippen LogP contribution < -0.4 is 0 Å². The second kappa shape index (κ2) is 11.5. The lowest BCUT2D eigenvalue weighted by molar-refractivity contribution is 0.575. The summed E-state index contributed by atoms with van der Waals surface area (Å²) < 4.78 is 32.9. The van der Waals surface area contributed by atoms with Crippen LogP contribution in [0.15, 0.2) is 54.6 Å². The van der Waals surface area contributed by atoms with E-state index in [4.69, 9.17) is 0 Å². The van der Waals surface area contributed by atoms with Crippen LogP contribution in [0.3, 0.4) is 0 Å². The van der Waals surface area contributed by atoms with Gasteiger partial charge in [-0.2, -0.15) is 0 Å². The summed E-state index contributed by atoms with van der Waals surface area (Å²) in [4.78, 5) is 0. The molecule has 184 valence electrons. The summed E-state index contributed by atoms with van der Waals surface area (Å²) in [6.45, 7) is 2.27. The van der Waals surface area contributed by atoms with Gasteiger partial charge in [0.2, 0.25) is 0 Å². The molecule has 0 unspecified atom stereocenters. The highest BCUT2D eigenvalue weighted by Gasteiger charge is 2.13. The number of aryl methyl sites for hydroxylation is 1. The summed E-state index contributed by atoms with van der Waals surface area (Å²) in [6, 6.07) is 16.8. The number of hydrogen-bond donors (Lipinski definition) is 0. The Hall–Kier alpha value is -2.74. The molecule has 0 spiro atoms. The number of unbranched alkanes of at least 4 members (excludes halogenated alkanes) is 7. The van der Waals surface area contributed by atoms with Gasteiger partial charge in [-0.25, -0.2) is 8.78 Å². The van der Waals surface area contributed by atoms with Crippen molar-refractivity contribution in [2.75, 3.05) is 0 Å². The van der Waals surface area contributed by atoms with Crippen molar-refractivity contribution < 1.29 is 8.78 Å². The minimum Gasteiger partial charge on any atom is -0.206 e. The number of fused-ring (bicyclic) bond motifs is 5. The molecule has 0 aliphatic rings. The second-order valence-corrected chi connectivity index (χ2v) is 11.6. The van der Waals surface area contributed by atoms with Crippen LogP contribution in [0.4, 0.5) is 8.78 Å². The smallest absolute Gasteiger partial charge is 0.141 e. The van der Waals surface area contributed by atoms with Crippen molar-refractivity contribution in [1.29, 1.82) is 0 Å². The lowest BCUT2D eigenvalue weighted by Gasteiger charge is -2.03. The summed E-state index contributed by atoms with van der Waals surface area (Å²) in [7, 11) is 0. The van der Waals surface area contributed by atoms with Crippen molar-refractivity contribution in [1.82, 2.24) is 0 Å². The number of benzene rings is 3. The van der Waals surface area contributed by atoms with Gasteiger partial charge in [-0.15, -0.1) is 22.7 Å². The highest BCUT2D eigenvalue weighted by atomic mass is 32.1. The monoisotopic (exact) mass is 516 g/mol. The Balaban J connectivity index is 1.30. The summed E-state index contributed by atoms with van der Waals surface area (Å²) in [5.41, 5.74) is 2.01. The third-order valence-corrected chi connectivity index (χ3v) is 9.26. The van der Waals surface area contributed by atoms with Gasteiger partial charge in [0.15, 0.2) is 0 Å². The van der Waals surface area contributed by atoms with Crippen molar-refractivity contribution in [3.63, 3.8) is 0 Å². The first kappa shape index (κ1) is 24.9. The van der Waals surface area contributed by atoms with Crippen molar-refractivity contribution in [3.05, 3.63) is 82.9 Å². The minimum absolute atomic E-state index is 0.182. The molecule has 0 saturated heterocycles. The summed E-state index contributed by atoms with van der Waals surface area (Å²) in [5, 5.41) is 2.54. The van der Waals surface area contributed by atoms with Gasteiger partial charge in [0.25, 0.3) is 0 Å². The number of thiophene rings is 2. The first-order valence-electron chi connectivity index (χ1n) is 13.0.